The molecule has 0 radical (unpaired) electrons. The van der Waals surface area contributed by atoms with Crippen molar-refractivity contribution >= 4 is 81.9 Å². The molecule has 0 heterocycles. The average Bonchev–Trinajstić information content (AvgIpc) is 3.19. The first-order valence-electron chi connectivity index (χ1n) is 16.6. The molecule has 0 aliphatic carbocycles. The van der Waals surface area contributed by atoms with Gasteiger partial charge in [0.2, 0.25) is 0 Å². The fraction of sp³-hybridized carbons (Fsp3) is 0. The van der Waals surface area contributed by atoms with Crippen LogP contribution < -0.4 is 0 Å². The SMILES string of the molecule is O=C(O)c1cc(N=Nc2ccc(-c3ccc(N=Nc4ccc(N=Nc5cc(S(=O)(=O)O)c6cccc(O)c6c5O)c5cc(S(=O)(=O)O)ccc45)cc3)cc2)ccc1O. The monoisotopic (exact) mass is 818 g/mol. The van der Waals surface area contributed by atoms with Crippen LogP contribution in [-0.2, 0) is 20.2 Å². The van der Waals surface area contributed by atoms with Gasteiger partial charge in [0, 0.05) is 16.2 Å². The first kappa shape index (κ1) is 38.8. The minimum Gasteiger partial charge on any atom is -0.507 e. The van der Waals surface area contributed by atoms with E-state index in [1.165, 1.54) is 54.6 Å². The number of carboxylic acid groups (broad SMARTS) is 1. The third-order valence-electron chi connectivity index (χ3n) is 8.67. The highest BCUT2D eigenvalue weighted by Gasteiger charge is 2.22. The number of carboxylic acids is 1. The molecule has 0 spiro atoms. The molecule has 0 bridgehead atoms. The Morgan fingerprint density at radius 2 is 1.03 bits per heavy atom. The van der Waals surface area contributed by atoms with E-state index in [4.69, 9.17) is 0 Å². The predicted octanol–water partition coefficient (Wildman–Crippen LogP) is 10.2. The van der Waals surface area contributed by atoms with E-state index in [1.54, 1.807) is 24.3 Å². The number of benzene rings is 7. The molecule has 0 aliphatic heterocycles. The molecular formula is C39H26N6O11S2. The van der Waals surface area contributed by atoms with Crippen molar-refractivity contribution in [1.29, 1.82) is 0 Å². The third kappa shape index (κ3) is 8.08. The van der Waals surface area contributed by atoms with Gasteiger partial charge in [-0.25, -0.2) is 4.79 Å². The lowest BCUT2D eigenvalue weighted by Gasteiger charge is -2.10. The summed E-state index contributed by atoms with van der Waals surface area (Å²) in [6.07, 6.45) is 0. The maximum atomic E-state index is 12.2. The summed E-state index contributed by atoms with van der Waals surface area (Å²) in [5, 5.41) is 65.0. The number of rotatable bonds is 10. The number of nitrogens with zero attached hydrogens (tertiary/aromatic N) is 6. The molecule has 0 saturated carbocycles. The lowest BCUT2D eigenvalue weighted by atomic mass is 10.1. The number of hydrogen-bond acceptors (Lipinski definition) is 14. The van der Waals surface area contributed by atoms with Crippen molar-refractivity contribution in [2.45, 2.75) is 9.79 Å². The van der Waals surface area contributed by atoms with Crippen molar-refractivity contribution in [2.75, 3.05) is 0 Å². The van der Waals surface area contributed by atoms with Crippen molar-refractivity contribution < 1.29 is 51.2 Å². The molecule has 17 nitrogen and oxygen atoms in total. The van der Waals surface area contributed by atoms with E-state index >= 15 is 0 Å². The Labute approximate surface area is 327 Å². The lowest BCUT2D eigenvalue weighted by Crippen LogP contribution is -1.99. The van der Waals surface area contributed by atoms with Crippen LogP contribution in [-0.4, -0.2) is 52.3 Å². The zero-order valence-electron chi connectivity index (χ0n) is 29.3. The summed E-state index contributed by atoms with van der Waals surface area (Å²) in [4.78, 5) is 10.1. The molecule has 19 heteroatoms. The highest BCUT2D eigenvalue weighted by molar-refractivity contribution is 7.86. The Morgan fingerprint density at radius 1 is 0.483 bits per heavy atom. The Kier molecular flexibility index (Phi) is 10.2. The maximum absolute atomic E-state index is 12.2. The molecule has 6 N–H and O–H groups in total. The summed E-state index contributed by atoms with van der Waals surface area (Å²) in [5.41, 5.74) is 2.42. The minimum absolute atomic E-state index is 0.00848. The van der Waals surface area contributed by atoms with Crippen LogP contribution in [0.25, 0.3) is 32.7 Å². The molecule has 0 aliphatic rings. The molecule has 58 heavy (non-hydrogen) atoms. The molecule has 0 unspecified atom stereocenters. The number of hydrogen-bond donors (Lipinski definition) is 6. The van der Waals surface area contributed by atoms with Crippen LogP contribution in [0.2, 0.25) is 0 Å². The topological polar surface area (TPSA) is 281 Å². The Morgan fingerprint density at radius 3 is 1.64 bits per heavy atom. The molecule has 7 aromatic rings. The van der Waals surface area contributed by atoms with Crippen LogP contribution in [0.5, 0.6) is 17.2 Å². The van der Waals surface area contributed by atoms with E-state index in [1.807, 2.05) is 24.3 Å². The van der Waals surface area contributed by atoms with Crippen LogP contribution in [0.1, 0.15) is 10.4 Å². The Bertz CT molecular complexity index is 3120. The maximum Gasteiger partial charge on any atom is 0.339 e. The fourth-order valence-electron chi connectivity index (χ4n) is 5.85. The van der Waals surface area contributed by atoms with Crippen molar-refractivity contribution in [3.8, 4) is 28.4 Å². The van der Waals surface area contributed by atoms with E-state index in [0.29, 0.717) is 16.8 Å². The number of phenolic OH excluding ortho intramolecular Hbond substituents is 2. The number of phenols is 3. The number of fused-ring (bicyclic) bond motifs is 2. The first-order valence-corrected chi connectivity index (χ1v) is 19.5. The summed E-state index contributed by atoms with van der Waals surface area (Å²) in [6, 6.07) is 29.2. The second-order valence-corrected chi connectivity index (χ2v) is 15.2. The largest absolute Gasteiger partial charge is 0.507 e. The number of azo groups is 3. The van der Waals surface area contributed by atoms with E-state index in [2.05, 4.69) is 30.7 Å². The minimum atomic E-state index is -4.86. The van der Waals surface area contributed by atoms with E-state index in [9.17, 15) is 51.2 Å². The van der Waals surface area contributed by atoms with E-state index in [-0.39, 0.29) is 44.5 Å². The molecule has 290 valence electrons. The third-order valence-corrected chi connectivity index (χ3v) is 10.4. The van der Waals surface area contributed by atoms with Gasteiger partial charge in [-0.15, -0.1) is 15.3 Å². The second kappa shape index (κ2) is 15.2. The smallest absolute Gasteiger partial charge is 0.339 e. The number of aromatic hydroxyl groups is 3. The van der Waals surface area contributed by atoms with Crippen LogP contribution >= 0.6 is 0 Å². The Hall–Kier alpha value is -7.45. The molecule has 0 fully saturated rings. The summed E-state index contributed by atoms with van der Waals surface area (Å²) in [6.45, 7) is 0. The first-order chi connectivity index (χ1) is 27.6. The van der Waals surface area contributed by atoms with Gasteiger partial charge in [0.15, 0.2) is 5.75 Å². The van der Waals surface area contributed by atoms with Crippen LogP contribution in [0.15, 0.2) is 162 Å². The highest BCUT2D eigenvalue weighted by atomic mass is 32.2. The van der Waals surface area contributed by atoms with Gasteiger partial charge in [0.1, 0.15) is 27.6 Å². The van der Waals surface area contributed by atoms with Crippen LogP contribution in [0.3, 0.4) is 0 Å². The van der Waals surface area contributed by atoms with E-state index < -0.39 is 53.2 Å². The molecule has 7 aromatic carbocycles. The second-order valence-electron chi connectivity index (χ2n) is 12.4. The van der Waals surface area contributed by atoms with E-state index in [0.717, 1.165) is 29.3 Å². The summed E-state index contributed by atoms with van der Waals surface area (Å²) in [5.74, 6) is -2.81. The summed E-state index contributed by atoms with van der Waals surface area (Å²) in [7, 11) is -9.54. The van der Waals surface area contributed by atoms with Crippen LogP contribution in [0, 0.1) is 0 Å². The molecule has 0 amide bonds. The van der Waals surface area contributed by atoms with Crippen molar-refractivity contribution in [2.24, 2.45) is 30.7 Å². The van der Waals surface area contributed by atoms with Gasteiger partial charge in [-0.3, -0.25) is 9.11 Å². The summed E-state index contributed by atoms with van der Waals surface area (Å²) >= 11 is 0. The lowest BCUT2D eigenvalue weighted by molar-refractivity contribution is 0.0693. The van der Waals surface area contributed by atoms with Crippen LogP contribution in [0.4, 0.5) is 34.1 Å². The van der Waals surface area contributed by atoms with Gasteiger partial charge >= 0.3 is 5.97 Å². The fourth-order valence-corrected chi connectivity index (χ4v) is 7.06. The number of aromatic carboxylic acids is 1. The summed E-state index contributed by atoms with van der Waals surface area (Å²) < 4.78 is 68.1. The molecule has 7 rings (SSSR count). The quantitative estimate of drug-likeness (QED) is 0.0557. The molecular weight excluding hydrogens is 793 g/mol. The standard InChI is InChI=1S/C39H26N6O11S2/c46-34-17-12-25(18-30(34)39(49)50)42-40-23-8-4-21(5-9-23)22-6-10-24(11-7-22)41-43-31-15-16-32(29-19-26(57(51,52)53)13-14-27(29)31)44-45-33-20-36(58(54,55)56)28-2-1-3-35(47)37(28)38(33)48/h1-20,46-48H,(H,49,50)(H,51,52,53)(H,54,55,56). The highest BCUT2D eigenvalue weighted by Crippen LogP contribution is 2.44. The normalized spacial score (nSPS) is 12.4. The molecule has 0 atom stereocenters. The zero-order valence-corrected chi connectivity index (χ0v) is 30.9. The number of carbonyl (C=O) groups is 1. The van der Waals surface area contributed by atoms with Gasteiger partial charge < -0.3 is 20.4 Å². The van der Waals surface area contributed by atoms with Gasteiger partial charge in [-0.2, -0.15) is 32.2 Å². The van der Waals surface area contributed by atoms with Gasteiger partial charge in [-0.05, 0) is 90.0 Å². The average molecular weight is 819 g/mol. The van der Waals surface area contributed by atoms with Crippen molar-refractivity contribution in [3.63, 3.8) is 0 Å². The predicted molar refractivity (Wildman–Crippen MR) is 210 cm³/mol. The van der Waals surface area contributed by atoms with Gasteiger partial charge in [0.25, 0.3) is 20.2 Å². The van der Waals surface area contributed by atoms with Gasteiger partial charge in [-0.1, -0.05) is 42.5 Å². The van der Waals surface area contributed by atoms with Gasteiger partial charge in [0.05, 0.1) is 38.7 Å². The van der Waals surface area contributed by atoms with Crippen molar-refractivity contribution in [1.82, 2.24) is 0 Å². The molecule has 0 aromatic heterocycles. The Balaban J connectivity index is 1.16. The zero-order chi connectivity index (χ0) is 41.4. The molecule has 0 saturated heterocycles. The van der Waals surface area contributed by atoms with Crippen molar-refractivity contribution in [3.05, 3.63) is 127 Å².